The van der Waals surface area contributed by atoms with Gasteiger partial charge in [-0.2, -0.15) is 0 Å². The number of aromatic nitrogens is 1. The third-order valence-corrected chi connectivity index (χ3v) is 4.12. The summed E-state index contributed by atoms with van der Waals surface area (Å²) >= 11 is 6.30. The fourth-order valence-electron chi connectivity index (χ4n) is 2.68. The van der Waals surface area contributed by atoms with Gasteiger partial charge in [-0.1, -0.05) is 54.9 Å². The first-order valence-electron chi connectivity index (χ1n) is 7.00. The van der Waals surface area contributed by atoms with E-state index in [4.69, 9.17) is 11.6 Å². The van der Waals surface area contributed by atoms with Gasteiger partial charge >= 0.3 is 0 Å². The smallest absolute Gasteiger partial charge is 0.163 e. The quantitative estimate of drug-likeness (QED) is 0.660. The van der Waals surface area contributed by atoms with E-state index in [-0.39, 0.29) is 11.7 Å². The maximum Gasteiger partial charge on any atom is 0.163 e. The molecule has 0 aliphatic carbocycles. The van der Waals surface area contributed by atoms with Crippen molar-refractivity contribution >= 4 is 28.3 Å². The lowest BCUT2D eigenvalue weighted by atomic mass is 9.93. The van der Waals surface area contributed by atoms with Gasteiger partial charge in [0.15, 0.2) is 5.78 Å². The average Bonchev–Trinajstić information content (AvgIpc) is 2.93. The van der Waals surface area contributed by atoms with Crippen molar-refractivity contribution in [2.24, 2.45) is 0 Å². The minimum Gasteiger partial charge on any atom is -0.361 e. The second-order valence-electron chi connectivity index (χ2n) is 5.30. The lowest BCUT2D eigenvalue weighted by Gasteiger charge is -2.10. The van der Waals surface area contributed by atoms with Crippen LogP contribution < -0.4 is 0 Å². The van der Waals surface area contributed by atoms with Crippen LogP contribution in [0.4, 0.5) is 0 Å². The maximum atomic E-state index is 12.3. The van der Waals surface area contributed by atoms with Crippen LogP contribution in [0.3, 0.4) is 0 Å². The Labute approximate surface area is 128 Å². The molecule has 0 saturated heterocycles. The number of Topliss-reactive ketones (excluding diaryl/α,β-unsaturated/α-hetero) is 1. The van der Waals surface area contributed by atoms with Crippen LogP contribution in [-0.4, -0.2) is 10.8 Å². The van der Waals surface area contributed by atoms with Gasteiger partial charge in [-0.05, 0) is 23.6 Å². The molecule has 3 rings (SSSR count). The van der Waals surface area contributed by atoms with Gasteiger partial charge in [0, 0.05) is 29.1 Å². The standard InChI is InChI=1S/C18H16ClNO/c1-12(10-17(21)13-6-3-2-4-7-13)14-11-20-16-9-5-8-15(19)18(14)16/h2-9,11-12,20H,10H2,1H3. The number of hydrogen-bond acceptors (Lipinski definition) is 1. The van der Waals surface area contributed by atoms with Gasteiger partial charge in [0.25, 0.3) is 0 Å². The number of rotatable bonds is 4. The van der Waals surface area contributed by atoms with E-state index >= 15 is 0 Å². The zero-order chi connectivity index (χ0) is 14.8. The Kier molecular flexibility index (Phi) is 3.80. The van der Waals surface area contributed by atoms with Crippen molar-refractivity contribution in [3.8, 4) is 0 Å². The molecular formula is C18H16ClNO. The highest BCUT2D eigenvalue weighted by Crippen LogP contribution is 2.33. The average molecular weight is 298 g/mol. The Morgan fingerprint density at radius 3 is 2.67 bits per heavy atom. The number of halogens is 1. The molecule has 0 radical (unpaired) electrons. The van der Waals surface area contributed by atoms with Crippen LogP contribution in [0.5, 0.6) is 0 Å². The van der Waals surface area contributed by atoms with Crippen molar-refractivity contribution in [1.29, 1.82) is 0 Å². The number of fused-ring (bicyclic) bond motifs is 1. The van der Waals surface area contributed by atoms with Gasteiger partial charge in [-0.25, -0.2) is 0 Å². The summed E-state index contributed by atoms with van der Waals surface area (Å²) in [6, 6.07) is 15.2. The van der Waals surface area contributed by atoms with Crippen molar-refractivity contribution in [2.45, 2.75) is 19.3 Å². The van der Waals surface area contributed by atoms with E-state index in [1.807, 2.05) is 54.7 Å². The minimum absolute atomic E-state index is 0.117. The van der Waals surface area contributed by atoms with Gasteiger partial charge in [-0.15, -0.1) is 0 Å². The molecule has 21 heavy (non-hydrogen) atoms. The van der Waals surface area contributed by atoms with Crippen molar-refractivity contribution in [1.82, 2.24) is 4.98 Å². The number of ketones is 1. The van der Waals surface area contributed by atoms with Crippen LogP contribution in [0, 0.1) is 0 Å². The third kappa shape index (κ3) is 2.72. The lowest BCUT2D eigenvalue weighted by Crippen LogP contribution is -2.04. The highest BCUT2D eigenvalue weighted by molar-refractivity contribution is 6.35. The van der Waals surface area contributed by atoms with Crippen molar-refractivity contribution in [2.75, 3.05) is 0 Å². The van der Waals surface area contributed by atoms with Gasteiger partial charge in [0.1, 0.15) is 0 Å². The highest BCUT2D eigenvalue weighted by Gasteiger charge is 2.17. The van der Waals surface area contributed by atoms with Crippen LogP contribution in [0.1, 0.15) is 35.2 Å². The number of carbonyl (C=O) groups excluding carboxylic acids is 1. The van der Waals surface area contributed by atoms with Gasteiger partial charge in [-0.3, -0.25) is 4.79 Å². The summed E-state index contributed by atoms with van der Waals surface area (Å²) < 4.78 is 0. The van der Waals surface area contributed by atoms with Crippen LogP contribution in [-0.2, 0) is 0 Å². The lowest BCUT2D eigenvalue weighted by molar-refractivity contribution is 0.0976. The van der Waals surface area contributed by atoms with E-state index < -0.39 is 0 Å². The van der Waals surface area contributed by atoms with E-state index in [9.17, 15) is 4.79 Å². The van der Waals surface area contributed by atoms with Crippen LogP contribution >= 0.6 is 11.6 Å². The molecule has 0 saturated carbocycles. The zero-order valence-corrected chi connectivity index (χ0v) is 12.5. The van der Waals surface area contributed by atoms with Crippen molar-refractivity contribution in [3.05, 3.63) is 70.9 Å². The van der Waals surface area contributed by atoms with Gasteiger partial charge < -0.3 is 4.98 Å². The summed E-state index contributed by atoms with van der Waals surface area (Å²) in [5.74, 6) is 0.274. The first-order chi connectivity index (χ1) is 10.2. The summed E-state index contributed by atoms with van der Waals surface area (Å²) in [6.45, 7) is 2.06. The van der Waals surface area contributed by atoms with Gasteiger partial charge in [0.05, 0.1) is 5.02 Å². The molecule has 0 aliphatic rings. The van der Waals surface area contributed by atoms with Gasteiger partial charge in [0.2, 0.25) is 0 Å². The number of aromatic amines is 1. The van der Waals surface area contributed by atoms with E-state index in [2.05, 4.69) is 11.9 Å². The predicted octanol–water partition coefficient (Wildman–Crippen LogP) is 5.20. The monoisotopic (exact) mass is 297 g/mol. The molecule has 1 atom stereocenters. The van der Waals surface area contributed by atoms with E-state index in [0.717, 1.165) is 27.1 Å². The number of hydrogen-bond donors (Lipinski definition) is 1. The Hall–Kier alpha value is -2.06. The second kappa shape index (κ2) is 5.74. The fourth-order valence-corrected chi connectivity index (χ4v) is 2.97. The first-order valence-corrected chi connectivity index (χ1v) is 7.38. The molecule has 0 spiro atoms. The molecule has 3 heteroatoms. The van der Waals surface area contributed by atoms with Crippen molar-refractivity contribution < 1.29 is 4.79 Å². The molecule has 0 amide bonds. The molecular weight excluding hydrogens is 282 g/mol. The van der Waals surface area contributed by atoms with Crippen LogP contribution in [0.25, 0.3) is 10.9 Å². The Morgan fingerprint density at radius 2 is 1.90 bits per heavy atom. The molecule has 0 fully saturated rings. The van der Waals surface area contributed by atoms with Crippen LogP contribution in [0.2, 0.25) is 5.02 Å². The summed E-state index contributed by atoms with van der Waals surface area (Å²) in [7, 11) is 0. The molecule has 1 unspecified atom stereocenters. The van der Waals surface area contributed by atoms with E-state index in [1.54, 1.807) is 0 Å². The fraction of sp³-hybridized carbons (Fsp3) is 0.167. The SMILES string of the molecule is CC(CC(=O)c1ccccc1)c1c[nH]c2cccc(Cl)c12. The molecule has 2 aromatic carbocycles. The summed E-state index contributed by atoms with van der Waals surface area (Å²) in [5, 5.41) is 1.75. The molecule has 2 nitrogen and oxygen atoms in total. The Morgan fingerprint density at radius 1 is 1.14 bits per heavy atom. The third-order valence-electron chi connectivity index (χ3n) is 3.80. The zero-order valence-electron chi connectivity index (χ0n) is 11.8. The molecule has 1 N–H and O–H groups in total. The van der Waals surface area contributed by atoms with E-state index in [0.29, 0.717) is 6.42 Å². The second-order valence-corrected chi connectivity index (χ2v) is 5.71. The molecule has 0 aliphatic heterocycles. The minimum atomic E-state index is 0.117. The molecule has 3 aromatic rings. The Bertz CT molecular complexity index is 776. The molecule has 106 valence electrons. The number of nitrogens with one attached hydrogen (secondary N) is 1. The maximum absolute atomic E-state index is 12.3. The molecule has 0 bridgehead atoms. The van der Waals surface area contributed by atoms with Crippen LogP contribution in [0.15, 0.2) is 54.7 Å². The first kappa shape index (κ1) is 13.9. The number of carbonyl (C=O) groups is 1. The topological polar surface area (TPSA) is 32.9 Å². The largest absolute Gasteiger partial charge is 0.361 e. The highest BCUT2D eigenvalue weighted by atomic mass is 35.5. The Balaban J connectivity index is 1.88. The van der Waals surface area contributed by atoms with E-state index in [1.165, 1.54) is 0 Å². The number of benzene rings is 2. The number of H-pyrrole nitrogens is 1. The summed E-state index contributed by atoms with van der Waals surface area (Å²) in [6.07, 6.45) is 2.43. The summed E-state index contributed by atoms with van der Waals surface area (Å²) in [4.78, 5) is 15.6. The predicted molar refractivity (Wildman–Crippen MR) is 87.1 cm³/mol. The molecule has 1 heterocycles. The summed E-state index contributed by atoms with van der Waals surface area (Å²) in [5.41, 5.74) is 2.87. The normalized spacial score (nSPS) is 12.5. The molecule has 1 aromatic heterocycles. The van der Waals surface area contributed by atoms with Crippen molar-refractivity contribution in [3.63, 3.8) is 0 Å².